The van der Waals surface area contributed by atoms with Gasteiger partial charge in [0.05, 0.1) is 13.1 Å². The highest BCUT2D eigenvalue weighted by Crippen LogP contribution is 2.53. The number of primary amides is 1. The fourth-order valence-corrected chi connectivity index (χ4v) is 8.93. The van der Waals surface area contributed by atoms with Gasteiger partial charge in [0.1, 0.15) is 23.5 Å². The summed E-state index contributed by atoms with van der Waals surface area (Å²) < 4.78 is 36.0. The second kappa shape index (κ2) is 11.6. The molecule has 15 heteroatoms. The van der Waals surface area contributed by atoms with E-state index in [0.717, 1.165) is 25.3 Å². The van der Waals surface area contributed by atoms with Gasteiger partial charge in [0, 0.05) is 73.6 Å². The third kappa shape index (κ3) is 4.58. The largest absolute Gasteiger partial charge is 0.503 e. The lowest BCUT2D eigenvalue weighted by molar-refractivity contribution is -0.286. The summed E-state index contributed by atoms with van der Waals surface area (Å²) in [4.78, 5) is 62.4. The van der Waals surface area contributed by atoms with Crippen LogP contribution in [0.4, 0.5) is 8.78 Å². The number of ether oxygens (including phenoxy) is 1. The average Bonchev–Trinajstić information content (AvgIpc) is 3.48. The quantitative estimate of drug-likeness (QED) is 0.413. The third-order valence-electron chi connectivity index (χ3n) is 11.6. The SMILES string of the molecule is C[C@H]1CCN(C2CCC2)[C@@]2(C34CN5C=C(C(N)=O)CCC5CN3C=CO4)Cn3cc(C(=O)NCc4ccc(F)cc4F)c(=O)c(O)c3C(=O)N12. The van der Waals surface area contributed by atoms with E-state index < -0.39 is 57.5 Å². The van der Waals surface area contributed by atoms with Gasteiger partial charge in [0.25, 0.3) is 11.8 Å². The van der Waals surface area contributed by atoms with Crippen molar-refractivity contribution in [1.29, 1.82) is 0 Å². The Hall–Kier alpha value is -4.92. The Bertz CT molecular complexity index is 1930. The number of aromatic hydroxyl groups is 1. The highest BCUT2D eigenvalue weighted by atomic mass is 19.1. The van der Waals surface area contributed by atoms with Crippen molar-refractivity contribution in [1.82, 2.24) is 29.5 Å². The molecule has 2 saturated heterocycles. The Balaban J connectivity index is 1.25. The van der Waals surface area contributed by atoms with Crippen LogP contribution in [0.25, 0.3) is 0 Å². The van der Waals surface area contributed by atoms with E-state index in [1.807, 2.05) is 19.3 Å². The minimum atomic E-state index is -1.20. The molecule has 4 atom stereocenters. The molecule has 5 aliphatic heterocycles. The van der Waals surface area contributed by atoms with Gasteiger partial charge >= 0.3 is 0 Å². The van der Waals surface area contributed by atoms with Crippen LogP contribution < -0.4 is 16.5 Å². The van der Waals surface area contributed by atoms with Gasteiger partial charge in [-0.05, 0) is 45.1 Å². The molecule has 13 nitrogen and oxygen atoms in total. The summed E-state index contributed by atoms with van der Waals surface area (Å²) in [6.07, 6.45) is 11.4. The van der Waals surface area contributed by atoms with Crippen LogP contribution in [0.3, 0.4) is 0 Å². The predicted octanol–water partition coefficient (Wildman–Crippen LogP) is 1.91. The Morgan fingerprint density at radius 3 is 2.64 bits per heavy atom. The van der Waals surface area contributed by atoms with E-state index in [9.17, 15) is 33.1 Å². The number of rotatable bonds is 6. The molecular weight excluding hydrogens is 652 g/mol. The maximum Gasteiger partial charge on any atom is 0.276 e. The number of halogens is 2. The zero-order valence-electron chi connectivity index (χ0n) is 27.6. The monoisotopic (exact) mass is 691 g/mol. The molecule has 3 fully saturated rings. The van der Waals surface area contributed by atoms with Gasteiger partial charge in [-0.2, -0.15) is 0 Å². The van der Waals surface area contributed by atoms with Crippen LogP contribution in [0.2, 0.25) is 0 Å². The van der Waals surface area contributed by atoms with Crippen LogP contribution in [0.15, 0.2) is 53.4 Å². The van der Waals surface area contributed by atoms with E-state index in [4.69, 9.17) is 10.5 Å². The van der Waals surface area contributed by atoms with Gasteiger partial charge in [-0.3, -0.25) is 24.1 Å². The molecule has 0 radical (unpaired) electrons. The van der Waals surface area contributed by atoms with E-state index in [1.54, 1.807) is 11.2 Å². The number of carbonyl (C=O) groups is 3. The molecule has 6 aliphatic rings. The lowest BCUT2D eigenvalue weighted by Gasteiger charge is -2.69. The van der Waals surface area contributed by atoms with E-state index in [-0.39, 0.29) is 49.0 Å². The molecule has 50 heavy (non-hydrogen) atoms. The highest BCUT2D eigenvalue weighted by molar-refractivity contribution is 5.99. The number of pyridine rings is 1. The van der Waals surface area contributed by atoms with Crippen molar-refractivity contribution in [2.75, 3.05) is 19.6 Å². The number of nitrogens with one attached hydrogen (secondary N) is 1. The van der Waals surface area contributed by atoms with Crippen LogP contribution in [0.1, 0.15) is 71.9 Å². The van der Waals surface area contributed by atoms with Gasteiger partial charge in [0.15, 0.2) is 17.1 Å². The number of carbonyl (C=O) groups excluding carboxylic acids is 3. The van der Waals surface area contributed by atoms with Crippen LogP contribution in [-0.4, -0.2) is 96.1 Å². The zero-order valence-corrected chi connectivity index (χ0v) is 27.6. The molecule has 1 aromatic heterocycles. The number of amides is 3. The molecule has 3 amide bonds. The molecule has 2 aromatic rings. The molecular formula is C35H39F2N7O6. The molecule has 8 rings (SSSR count). The van der Waals surface area contributed by atoms with Crippen molar-refractivity contribution in [3.8, 4) is 5.75 Å². The number of nitrogens with two attached hydrogens (primary N) is 1. The first-order valence-corrected chi connectivity index (χ1v) is 17.1. The van der Waals surface area contributed by atoms with Crippen molar-refractivity contribution in [3.05, 3.63) is 87.3 Å². The second-order valence-corrected chi connectivity index (χ2v) is 14.2. The van der Waals surface area contributed by atoms with Crippen LogP contribution in [0, 0.1) is 11.6 Å². The number of hydrogen-bond acceptors (Lipinski definition) is 9. The summed E-state index contributed by atoms with van der Waals surface area (Å²) in [5.41, 5.74) is 2.15. The second-order valence-electron chi connectivity index (χ2n) is 14.2. The normalized spacial score (nSPS) is 28.9. The van der Waals surface area contributed by atoms with Crippen LogP contribution in [-0.2, 0) is 22.6 Å². The van der Waals surface area contributed by atoms with E-state index >= 15 is 0 Å². The van der Waals surface area contributed by atoms with Gasteiger partial charge in [-0.25, -0.2) is 8.78 Å². The van der Waals surface area contributed by atoms with E-state index in [1.165, 1.54) is 16.8 Å². The first-order chi connectivity index (χ1) is 23.9. The maximum absolute atomic E-state index is 14.8. The van der Waals surface area contributed by atoms with Crippen LogP contribution in [0.5, 0.6) is 5.75 Å². The lowest BCUT2D eigenvalue weighted by atomic mass is 9.77. The molecule has 1 aromatic carbocycles. The molecule has 264 valence electrons. The maximum atomic E-state index is 14.8. The number of hydrogen-bond donors (Lipinski definition) is 3. The standard InChI is InChI=1S/C35H39F2N7O6/c1-20-9-10-43(24-3-2-4-24)34(35-19-40-15-22(31(38)47)6-8-25(40)16-42(35)11-12-50-35)18-41-17-26(29(45)30(46)28(41)33(49)44(20)34)32(48)39-14-21-5-7-23(36)13-27(21)37/h5,7,11-13,15,17,20,24-25,46H,2-4,6,8-10,14,16,18-19H2,1H3,(H2,38,47)(H,39,48)/t20-,25?,34-,35?/m0/s1. The molecule has 0 spiro atoms. The highest BCUT2D eigenvalue weighted by Gasteiger charge is 2.72. The van der Waals surface area contributed by atoms with Crippen molar-refractivity contribution in [2.45, 2.75) is 88.1 Å². The first kappa shape index (κ1) is 32.3. The smallest absolute Gasteiger partial charge is 0.276 e. The van der Waals surface area contributed by atoms with Crippen molar-refractivity contribution in [2.24, 2.45) is 5.73 Å². The predicted molar refractivity (Wildman–Crippen MR) is 174 cm³/mol. The zero-order chi connectivity index (χ0) is 35.1. The summed E-state index contributed by atoms with van der Waals surface area (Å²) in [5.74, 6) is -4.43. The fourth-order valence-electron chi connectivity index (χ4n) is 8.93. The lowest BCUT2D eigenvalue weighted by Crippen LogP contribution is -2.87. The Labute approximate surface area is 286 Å². The topological polar surface area (TPSA) is 154 Å². The summed E-state index contributed by atoms with van der Waals surface area (Å²) in [5, 5.41) is 13.8. The molecule has 1 aliphatic carbocycles. The number of benzene rings is 1. The average molecular weight is 692 g/mol. The number of aromatic nitrogens is 1. The number of nitrogens with zero attached hydrogens (tertiary/aromatic N) is 5. The summed E-state index contributed by atoms with van der Waals surface area (Å²) in [6, 6.07) is 2.82. The fraction of sp³-hybridized carbons (Fsp3) is 0.486. The van der Waals surface area contributed by atoms with Gasteiger partial charge < -0.3 is 40.2 Å². The summed E-state index contributed by atoms with van der Waals surface area (Å²) >= 11 is 0. The molecule has 4 N–H and O–H groups in total. The summed E-state index contributed by atoms with van der Waals surface area (Å²) in [7, 11) is 0. The number of fused-ring (bicyclic) bond motifs is 5. The Kier molecular flexibility index (Phi) is 7.47. The minimum absolute atomic E-state index is 0.00562. The first-order valence-electron chi connectivity index (χ1n) is 17.1. The van der Waals surface area contributed by atoms with Gasteiger partial charge in [0.2, 0.25) is 17.1 Å². The van der Waals surface area contributed by atoms with Crippen molar-refractivity contribution < 1.29 is 33.0 Å². The number of piperazine rings is 1. The third-order valence-corrected chi connectivity index (χ3v) is 11.6. The van der Waals surface area contributed by atoms with Crippen LogP contribution >= 0.6 is 0 Å². The summed E-state index contributed by atoms with van der Waals surface area (Å²) in [6.45, 7) is 3.13. The van der Waals surface area contributed by atoms with Crippen molar-refractivity contribution in [3.63, 3.8) is 0 Å². The van der Waals surface area contributed by atoms with E-state index in [0.29, 0.717) is 44.0 Å². The molecule has 2 unspecified atom stereocenters. The Morgan fingerprint density at radius 2 is 1.92 bits per heavy atom. The molecule has 1 saturated carbocycles. The van der Waals surface area contributed by atoms with Gasteiger partial charge in [-0.15, -0.1) is 0 Å². The van der Waals surface area contributed by atoms with Gasteiger partial charge in [-0.1, -0.05) is 12.5 Å². The molecule has 0 bridgehead atoms. The van der Waals surface area contributed by atoms with E-state index in [2.05, 4.69) is 20.0 Å². The minimum Gasteiger partial charge on any atom is -0.503 e. The Morgan fingerprint density at radius 1 is 1.12 bits per heavy atom. The van der Waals surface area contributed by atoms with Crippen molar-refractivity contribution >= 4 is 17.7 Å². The molecule has 6 heterocycles.